The van der Waals surface area contributed by atoms with Crippen molar-refractivity contribution in [2.75, 3.05) is 5.43 Å². The summed E-state index contributed by atoms with van der Waals surface area (Å²) in [6, 6.07) is 17.6. The molecule has 5 nitrogen and oxygen atoms in total. The van der Waals surface area contributed by atoms with Gasteiger partial charge in [0.25, 0.3) is 5.95 Å². The van der Waals surface area contributed by atoms with Gasteiger partial charge in [-0.3, -0.25) is 0 Å². The van der Waals surface area contributed by atoms with Gasteiger partial charge in [0.05, 0.1) is 18.1 Å². The summed E-state index contributed by atoms with van der Waals surface area (Å²) in [6.07, 6.45) is 3.32. The minimum absolute atomic E-state index is 0.356. The number of halogens is 1. The quantitative estimate of drug-likeness (QED) is 0.573. The molecule has 108 valence electrons. The van der Waals surface area contributed by atoms with E-state index in [0.717, 1.165) is 21.3 Å². The molecule has 3 rings (SSSR count). The van der Waals surface area contributed by atoms with Crippen molar-refractivity contribution in [1.29, 1.82) is 0 Å². The van der Waals surface area contributed by atoms with E-state index in [2.05, 4.69) is 41.6 Å². The number of anilines is 1. The van der Waals surface area contributed by atoms with E-state index in [1.165, 1.54) is 0 Å². The molecule has 0 aliphatic carbocycles. The fourth-order valence-electron chi connectivity index (χ4n) is 1.81. The van der Waals surface area contributed by atoms with Crippen molar-refractivity contribution >= 4 is 28.1 Å². The van der Waals surface area contributed by atoms with Gasteiger partial charge in [0.15, 0.2) is 0 Å². The summed E-state index contributed by atoms with van der Waals surface area (Å²) in [7, 11) is 0. The Morgan fingerprint density at radius 3 is 2.55 bits per heavy atom. The molecule has 0 aliphatic rings. The zero-order valence-electron chi connectivity index (χ0n) is 11.5. The van der Waals surface area contributed by atoms with E-state index in [1.807, 2.05) is 54.6 Å². The van der Waals surface area contributed by atoms with E-state index >= 15 is 0 Å². The predicted octanol–water partition coefficient (Wildman–Crippen LogP) is 3.75. The molecule has 0 atom stereocenters. The topological polar surface area (TPSA) is 63.1 Å². The first-order valence-corrected chi connectivity index (χ1v) is 7.40. The number of rotatable bonds is 4. The summed E-state index contributed by atoms with van der Waals surface area (Å²) in [5.41, 5.74) is 5.50. The fraction of sp³-hybridized carbons (Fsp3) is 0. The van der Waals surface area contributed by atoms with Crippen LogP contribution in [0.1, 0.15) is 5.56 Å². The average molecular weight is 354 g/mol. The Morgan fingerprint density at radius 2 is 1.77 bits per heavy atom. The number of aromatic nitrogens is 3. The Kier molecular flexibility index (Phi) is 4.50. The summed E-state index contributed by atoms with van der Waals surface area (Å²) in [5, 5.41) is 12.0. The number of hydrogen-bond donors (Lipinski definition) is 1. The number of nitrogens with zero attached hydrogens (tertiary/aromatic N) is 4. The molecule has 0 bridgehead atoms. The second-order valence-electron chi connectivity index (χ2n) is 4.45. The zero-order valence-corrected chi connectivity index (χ0v) is 13.1. The third-order valence-electron chi connectivity index (χ3n) is 2.88. The Morgan fingerprint density at radius 1 is 1.00 bits per heavy atom. The summed E-state index contributed by atoms with van der Waals surface area (Å²) < 4.78 is 1.03. The largest absolute Gasteiger partial charge is 0.263 e. The highest BCUT2D eigenvalue weighted by molar-refractivity contribution is 9.10. The maximum Gasteiger partial charge on any atom is 0.263 e. The molecule has 0 unspecified atom stereocenters. The van der Waals surface area contributed by atoms with Gasteiger partial charge in [0.2, 0.25) is 0 Å². The second-order valence-corrected chi connectivity index (χ2v) is 5.37. The maximum absolute atomic E-state index is 4.38. The van der Waals surface area contributed by atoms with Crippen molar-refractivity contribution in [1.82, 2.24) is 15.2 Å². The summed E-state index contributed by atoms with van der Waals surface area (Å²) >= 11 is 3.39. The minimum atomic E-state index is 0.356. The van der Waals surface area contributed by atoms with Crippen LogP contribution in [0.25, 0.3) is 11.3 Å². The van der Waals surface area contributed by atoms with Crippen LogP contribution < -0.4 is 5.43 Å². The van der Waals surface area contributed by atoms with Gasteiger partial charge in [0, 0.05) is 10.0 Å². The molecule has 0 saturated heterocycles. The molecule has 0 radical (unpaired) electrons. The molecular weight excluding hydrogens is 342 g/mol. The summed E-state index contributed by atoms with van der Waals surface area (Å²) in [5.74, 6) is 0.356. The van der Waals surface area contributed by atoms with Gasteiger partial charge in [-0.2, -0.15) is 10.2 Å². The monoisotopic (exact) mass is 353 g/mol. The van der Waals surface area contributed by atoms with Crippen molar-refractivity contribution in [2.45, 2.75) is 0 Å². The van der Waals surface area contributed by atoms with Gasteiger partial charge in [-0.05, 0) is 17.7 Å². The molecule has 0 aliphatic heterocycles. The van der Waals surface area contributed by atoms with Crippen LogP contribution in [0.3, 0.4) is 0 Å². The molecule has 0 amide bonds. The smallest absolute Gasteiger partial charge is 0.244 e. The van der Waals surface area contributed by atoms with E-state index in [4.69, 9.17) is 0 Å². The first kappa shape index (κ1) is 14.3. The van der Waals surface area contributed by atoms with E-state index in [0.29, 0.717) is 5.95 Å². The molecule has 6 heteroatoms. The minimum Gasteiger partial charge on any atom is -0.244 e. The first-order chi connectivity index (χ1) is 10.8. The van der Waals surface area contributed by atoms with Crippen LogP contribution in [0.4, 0.5) is 5.95 Å². The molecule has 1 heterocycles. The van der Waals surface area contributed by atoms with Crippen LogP contribution in [0.5, 0.6) is 0 Å². The van der Waals surface area contributed by atoms with Crippen LogP contribution >= 0.6 is 15.9 Å². The van der Waals surface area contributed by atoms with Crippen molar-refractivity contribution in [3.05, 3.63) is 70.8 Å². The van der Waals surface area contributed by atoms with Crippen LogP contribution in [0.15, 0.2) is 70.4 Å². The molecule has 0 saturated carbocycles. The lowest BCUT2D eigenvalue weighted by molar-refractivity contribution is 0.967. The summed E-state index contributed by atoms with van der Waals surface area (Å²) in [4.78, 5) is 4.38. The van der Waals surface area contributed by atoms with Gasteiger partial charge in [-0.1, -0.05) is 58.4 Å². The van der Waals surface area contributed by atoms with Gasteiger partial charge in [-0.25, -0.2) is 10.4 Å². The van der Waals surface area contributed by atoms with Crippen molar-refractivity contribution in [3.8, 4) is 11.3 Å². The summed E-state index contributed by atoms with van der Waals surface area (Å²) in [6.45, 7) is 0. The zero-order chi connectivity index (χ0) is 15.2. The lowest BCUT2D eigenvalue weighted by Gasteiger charge is -2.02. The van der Waals surface area contributed by atoms with E-state index in [9.17, 15) is 0 Å². The average Bonchev–Trinajstić information content (AvgIpc) is 2.58. The normalized spacial score (nSPS) is 10.8. The standard InChI is InChI=1S/C16H12BrN5/c17-14-8-6-12(7-9-14)10-18-21-16-20-15(11-19-22-16)13-4-2-1-3-5-13/h1-11H,(H,20,21,22)/b18-10-. The predicted molar refractivity (Wildman–Crippen MR) is 90.6 cm³/mol. The van der Waals surface area contributed by atoms with Gasteiger partial charge >= 0.3 is 0 Å². The Labute approximate surface area is 136 Å². The van der Waals surface area contributed by atoms with Gasteiger partial charge in [-0.15, -0.1) is 5.10 Å². The van der Waals surface area contributed by atoms with Crippen LogP contribution in [0.2, 0.25) is 0 Å². The third-order valence-corrected chi connectivity index (χ3v) is 3.41. The first-order valence-electron chi connectivity index (χ1n) is 6.61. The van der Waals surface area contributed by atoms with Crippen molar-refractivity contribution in [2.24, 2.45) is 5.10 Å². The molecule has 0 spiro atoms. The highest BCUT2D eigenvalue weighted by atomic mass is 79.9. The number of nitrogens with one attached hydrogen (secondary N) is 1. The highest BCUT2D eigenvalue weighted by Crippen LogP contribution is 2.15. The Bertz CT molecular complexity index is 772. The SMILES string of the molecule is Brc1ccc(/C=N\Nc2nncc(-c3ccccc3)n2)cc1. The Balaban J connectivity index is 1.72. The van der Waals surface area contributed by atoms with Crippen LogP contribution in [-0.2, 0) is 0 Å². The van der Waals surface area contributed by atoms with Crippen LogP contribution in [0, 0.1) is 0 Å². The second kappa shape index (κ2) is 6.91. The van der Waals surface area contributed by atoms with Crippen LogP contribution in [-0.4, -0.2) is 21.4 Å². The number of benzene rings is 2. The molecule has 3 aromatic rings. The lowest BCUT2D eigenvalue weighted by atomic mass is 10.2. The maximum atomic E-state index is 4.38. The molecule has 1 aromatic heterocycles. The molecular formula is C16H12BrN5. The third kappa shape index (κ3) is 3.73. The Hall–Kier alpha value is -2.60. The highest BCUT2D eigenvalue weighted by Gasteiger charge is 2.01. The molecule has 1 N–H and O–H groups in total. The molecule has 2 aromatic carbocycles. The lowest BCUT2D eigenvalue weighted by Crippen LogP contribution is -1.99. The van der Waals surface area contributed by atoms with Gasteiger partial charge < -0.3 is 0 Å². The fourth-order valence-corrected chi connectivity index (χ4v) is 2.08. The van der Waals surface area contributed by atoms with Crippen molar-refractivity contribution < 1.29 is 0 Å². The van der Waals surface area contributed by atoms with E-state index in [1.54, 1.807) is 12.4 Å². The number of hydrogen-bond acceptors (Lipinski definition) is 5. The van der Waals surface area contributed by atoms with Gasteiger partial charge in [0.1, 0.15) is 0 Å². The molecule has 0 fully saturated rings. The van der Waals surface area contributed by atoms with E-state index in [-0.39, 0.29) is 0 Å². The van der Waals surface area contributed by atoms with E-state index < -0.39 is 0 Å². The van der Waals surface area contributed by atoms with Crippen molar-refractivity contribution in [3.63, 3.8) is 0 Å². The number of hydrazone groups is 1. The molecule has 22 heavy (non-hydrogen) atoms.